The summed E-state index contributed by atoms with van der Waals surface area (Å²) >= 11 is 0. The second kappa shape index (κ2) is 6.28. The van der Waals surface area contributed by atoms with Crippen molar-refractivity contribution in [3.63, 3.8) is 0 Å². The smallest absolute Gasteiger partial charge is 0.328 e. The van der Waals surface area contributed by atoms with Crippen molar-refractivity contribution >= 4 is 17.5 Å². The number of amides is 1. The van der Waals surface area contributed by atoms with Crippen molar-refractivity contribution in [2.45, 2.75) is 39.7 Å². The molecule has 124 valence electrons. The van der Waals surface area contributed by atoms with Gasteiger partial charge < -0.3 is 15.2 Å². The molecule has 0 aromatic carbocycles. The largest absolute Gasteiger partial charge is 0.490 e. The van der Waals surface area contributed by atoms with Crippen LogP contribution in [0.3, 0.4) is 0 Å². The molecule has 0 radical (unpaired) electrons. The van der Waals surface area contributed by atoms with E-state index in [1.807, 2.05) is 13.8 Å². The highest BCUT2D eigenvalue weighted by molar-refractivity contribution is 5.98. The first-order valence-electron chi connectivity index (χ1n) is 7.50. The average molecular weight is 319 g/mol. The number of aliphatic carboxylic acids is 1. The lowest BCUT2D eigenvalue weighted by atomic mass is 10.1. The number of carbonyl (C=O) groups is 2. The Morgan fingerprint density at radius 1 is 1.39 bits per heavy atom. The number of carboxylic acids is 1. The maximum Gasteiger partial charge on any atom is 0.328 e. The van der Waals surface area contributed by atoms with E-state index in [9.17, 15) is 14.7 Å². The van der Waals surface area contributed by atoms with E-state index >= 15 is 0 Å². The molecule has 0 aliphatic heterocycles. The molecule has 0 bridgehead atoms. The van der Waals surface area contributed by atoms with Gasteiger partial charge in [0.2, 0.25) is 0 Å². The van der Waals surface area contributed by atoms with Gasteiger partial charge in [0.25, 0.3) is 5.91 Å². The number of fused-ring (bicyclic) bond motifs is 1. The highest BCUT2D eigenvalue weighted by Crippen LogP contribution is 2.23. The first-order chi connectivity index (χ1) is 10.8. The van der Waals surface area contributed by atoms with E-state index in [1.54, 1.807) is 22.7 Å². The molecule has 1 amide bonds. The van der Waals surface area contributed by atoms with Crippen LogP contribution < -0.4 is 10.1 Å². The summed E-state index contributed by atoms with van der Waals surface area (Å²) < 4.78 is 7.18. The van der Waals surface area contributed by atoms with Crippen molar-refractivity contribution in [1.29, 1.82) is 0 Å². The number of nitrogens with zero attached hydrogens (tertiary/aromatic N) is 2. The number of nitrogens with one attached hydrogen (secondary N) is 1. The molecule has 2 aromatic heterocycles. The number of carboxylic acid groups (broad SMARTS) is 1. The number of carbonyl (C=O) groups excluding carboxylic acids is 1. The molecule has 0 spiro atoms. The van der Waals surface area contributed by atoms with Crippen LogP contribution in [0.4, 0.5) is 0 Å². The summed E-state index contributed by atoms with van der Waals surface area (Å²) in [5.41, 5.74) is 0.0998. The lowest BCUT2D eigenvalue weighted by Crippen LogP contribution is -2.50. The number of aromatic nitrogens is 2. The zero-order chi connectivity index (χ0) is 17.2. The van der Waals surface area contributed by atoms with E-state index in [0.717, 1.165) is 0 Å². The van der Waals surface area contributed by atoms with Crippen LogP contribution in [0.15, 0.2) is 18.3 Å². The van der Waals surface area contributed by atoms with Crippen molar-refractivity contribution < 1.29 is 19.4 Å². The van der Waals surface area contributed by atoms with Crippen molar-refractivity contribution in [1.82, 2.24) is 14.7 Å². The second-order valence-electron chi connectivity index (χ2n) is 5.64. The molecule has 2 rings (SSSR count). The molecule has 7 heteroatoms. The summed E-state index contributed by atoms with van der Waals surface area (Å²) in [6.45, 7) is 7.13. The van der Waals surface area contributed by atoms with Crippen LogP contribution in [0, 0.1) is 0 Å². The Kier molecular flexibility index (Phi) is 4.58. The van der Waals surface area contributed by atoms with Gasteiger partial charge in [0, 0.05) is 6.20 Å². The lowest BCUT2D eigenvalue weighted by Gasteiger charge is -2.21. The van der Waals surface area contributed by atoms with Crippen molar-refractivity contribution in [3.05, 3.63) is 29.7 Å². The van der Waals surface area contributed by atoms with Crippen LogP contribution in [-0.2, 0) is 11.2 Å². The van der Waals surface area contributed by atoms with Gasteiger partial charge in [0.1, 0.15) is 11.2 Å². The van der Waals surface area contributed by atoms with Crippen LogP contribution in [0.25, 0.3) is 5.65 Å². The van der Waals surface area contributed by atoms with Gasteiger partial charge in [-0.2, -0.15) is 0 Å². The molecule has 2 aromatic rings. The molecule has 7 nitrogen and oxygen atoms in total. The average Bonchev–Trinajstić information content (AvgIpc) is 2.86. The Balaban J connectivity index is 2.53. The third-order valence-corrected chi connectivity index (χ3v) is 3.50. The summed E-state index contributed by atoms with van der Waals surface area (Å²) in [4.78, 5) is 28.3. The number of pyridine rings is 1. The Morgan fingerprint density at radius 2 is 2.09 bits per heavy atom. The number of imidazole rings is 1. The molecule has 23 heavy (non-hydrogen) atoms. The molecule has 0 saturated heterocycles. The summed E-state index contributed by atoms with van der Waals surface area (Å²) in [6, 6.07) is 3.55. The molecule has 0 aliphatic rings. The molecule has 2 heterocycles. The maximum absolute atomic E-state index is 12.6. The van der Waals surface area contributed by atoms with E-state index in [0.29, 0.717) is 35.8 Å². The maximum atomic E-state index is 12.6. The topological polar surface area (TPSA) is 92.9 Å². The molecular weight excluding hydrogens is 298 g/mol. The fourth-order valence-corrected chi connectivity index (χ4v) is 2.24. The number of ether oxygens (including phenoxy) is 1. The molecule has 0 atom stereocenters. The normalized spacial score (nSPS) is 11.5. The number of aryl methyl sites for hydroxylation is 1. The van der Waals surface area contributed by atoms with Gasteiger partial charge >= 0.3 is 5.97 Å². The monoisotopic (exact) mass is 319 g/mol. The minimum absolute atomic E-state index is 0.332. The predicted molar refractivity (Wildman–Crippen MR) is 84.9 cm³/mol. The second-order valence-corrected chi connectivity index (χ2v) is 5.64. The molecule has 0 unspecified atom stereocenters. The molecule has 0 fully saturated rings. The minimum atomic E-state index is -1.37. The van der Waals surface area contributed by atoms with Crippen LogP contribution in [0.5, 0.6) is 5.75 Å². The summed E-state index contributed by atoms with van der Waals surface area (Å²) in [5, 5.41) is 11.7. The lowest BCUT2D eigenvalue weighted by molar-refractivity contribution is -0.143. The number of hydrogen-bond donors (Lipinski definition) is 2. The number of hydrogen-bond acceptors (Lipinski definition) is 4. The highest BCUT2D eigenvalue weighted by Gasteiger charge is 2.31. The zero-order valence-corrected chi connectivity index (χ0v) is 13.7. The predicted octanol–water partition coefficient (Wildman–Crippen LogP) is 1.89. The van der Waals surface area contributed by atoms with Crippen LogP contribution in [0.1, 0.15) is 43.9 Å². The molecule has 0 saturated carbocycles. The molecule has 2 N–H and O–H groups in total. The Hall–Kier alpha value is -2.57. The standard InChI is InChI=1S/C16H21N3O4/c1-5-10-12(14(20)18-16(3,4)15(21)22)19-9-7-8-11(23-6-2)13(19)17-10/h7-9H,5-6H2,1-4H3,(H,18,20)(H,21,22). The van der Waals surface area contributed by atoms with E-state index in [2.05, 4.69) is 10.3 Å². The van der Waals surface area contributed by atoms with E-state index in [4.69, 9.17) is 4.74 Å². The summed E-state index contributed by atoms with van der Waals surface area (Å²) in [7, 11) is 0. The Labute approximate surface area is 134 Å². The van der Waals surface area contributed by atoms with Gasteiger partial charge in [-0.05, 0) is 39.3 Å². The third-order valence-electron chi connectivity index (χ3n) is 3.50. The zero-order valence-electron chi connectivity index (χ0n) is 13.7. The van der Waals surface area contributed by atoms with E-state index in [1.165, 1.54) is 13.8 Å². The van der Waals surface area contributed by atoms with Crippen molar-refractivity contribution in [2.75, 3.05) is 6.61 Å². The van der Waals surface area contributed by atoms with Gasteiger partial charge in [-0.25, -0.2) is 9.78 Å². The SMILES string of the molecule is CCOc1cccn2c(C(=O)NC(C)(C)C(=O)O)c(CC)nc12. The fourth-order valence-electron chi connectivity index (χ4n) is 2.24. The fraction of sp³-hybridized carbons (Fsp3) is 0.438. The van der Waals surface area contributed by atoms with E-state index in [-0.39, 0.29) is 0 Å². The minimum Gasteiger partial charge on any atom is -0.490 e. The van der Waals surface area contributed by atoms with Gasteiger partial charge in [0.15, 0.2) is 11.4 Å². The van der Waals surface area contributed by atoms with Crippen LogP contribution >= 0.6 is 0 Å². The highest BCUT2D eigenvalue weighted by atomic mass is 16.5. The first kappa shape index (κ1) is 16.8. The summed E-state index contributed by atoms with van der Waals surface area (Å²) in [5.74, 6) is -0.996. The van der Waals surface area contributed by atoms with Crippen LogP contribution in [0.2, 0.25) is 0 Å². The molecular formula is C16H21N3O4. The number of rotatable bonds is 6. The third kappa shape index (κ3) is 3.13. The van der Waals surface area contributed by atoms with Crippen LogP contribution in [-0.4, -0.2) is 38.5 Å². The van der Waals surface area contributed by atoms with Crippen molar-refractivity contribution in [3.8, 4) is 5.75 Å². The Morgan fingerprint density at radius 3 is 2.65 bits per heavy atom. The quantitative estimate of drug-likeness (QED) is 0.848. The van der Waals surface area contributed by atoms with Gasteiger partial charge in [-0.3, -0.25) is 9.20 Å². The van der Waals surface area contributed by atoms with Crippen molar-refractivity contribution in [2.24, 2.45) is 0 Å². The first-order valence-corrected chi connectivity index (χ1v) is 7.50. The van der Waals surface area contributed by atoms with Gasteiger partial charge in [-0.15, -0.1) is 0 Å². The Bertz CT molecular complexity index is 749. The van der Waals surface area contributed by atoms with Gasteiger partial charge in [-0.1, -0.05) is 6.92 Å². The molecule has 0 aliphatic carbocycles. The van der Waals surface area contributed by atoms with E-state index < -0.39 is 17.4 Å². The van der Waals surface area contributed by atoms with Gasteiger partial charge in [0.05, 0.1) is 12.3 Å². The summed E-state index contributed by atoms with van der Waals surface area (Å²) in [6.07, 6.45) is 2.26.